The Bertz CT molecular complexity index is 911. The van der Waals surface area contributed by atoms with Crippen molar-refractivity contribution in [3.05, 3.63) is 36.0 Å². The van der Waals surface area contributed by atoms with Crippen molar-refractivity contribution in [3.8, 4) is 5.75 Å². The first-order valence-electron chi connectivity index (χ1n) is 12.9. The highest BCUT2D eigenvalue weighted by Gasteiger charge is 2.38. The number of carbonyl (C=O) groups excluding carboxylic acids is 3. The molecule has 3 N–H and O–H groups in total. The Balaban J connectivity index is 2.52. The van der Waals surface area contributed by atoms with E-state index in [0.717, 1.165) is 5.56 Å². The van der Waals surface area contributed by atoms with Gasteiger partial charge in [0.1, 0.15) is 23.9 Å². The summed E-state index contributed by atoms with van der Waals surface area (Å²) in [5.41, 5.74) is 0.900. The number of fused-ring (bicyclic) bond motifs is 10. The molecule has 2 aliphatic rings. The molecule has 0 radical (unpaired) electrons. The summed E-state index contributed by atoms with van der Waals surface area (Å²) in [7, 11) is 3.71. The van der Waals surface area contributed by atoms with Crippen LogP contribution in [-0.2, 0) is 14.4 Å². The topological polar surface area (TPSA) is 99.8 Å². The van der Waals surface area contributed by atoms with Crippen LogP contribution in [0.2, 0.25) is 0 Å². The van der Waals surface area contributed by atoms with Crippen LogP contribution in [0.1, 0.15) is 59.9 Å². The fourth-order valence-corrected chi connectivity index (χ4v) is 4.20. The Hall–Kier alpha value is -2.87. The summed E-state index contributed by atoms with van der Waals surface area (Å²) in [5.74, 6) is -0.312. The molecule has 1 aromatic carbocycles. The molecule has 36 heavy (non-hydrogen) atoms. The summed E-state index contributed by atoms with van der Waals surface area (Å²) < 4.78 is 6.31. The van der Waals surface area contributed by atoms with Crippen molar-refractivity contribution >= 4 is 23.8 Å². The normalized spacial score (nSPS) is 23.5. The summed E-state index contributed by atoms with van der Waals surface area (Å²) >= 11 is 0. The van der Waals surface area contributed by atoms with Gasteiger partial charge in [-0.3, -0.25) is 19.3 Å². The van der Waals surface area contributed by atoms with Crippen LogP contribution in [0.15, 0.2) is 30.5 Å². The lowest BCUT2D eigenvalue weighted by Gasteiger charge is -2.34. The van der Waals surface area contributed by atoms with E-state index >= 15 is 0 Å². The molecular weight excluding hydrogens is 456 g/mol. The minimum atomic E-state index is -0.996. The molecule has 1 aromatic rings. The molecule has 3 amide bonds. The smallest absolute Gasteiger partial charge is 0.247 e. The van der Waals surface area contributed by atoms with Crippen LogP contribution in [0.4, 0.5) is 0 Å². The number of nitrogens with zero attached hydrogens (tertiary/aromatic N) is 1. The number of hydrogen-bond donors (Lipinski definition) is 3. The Labute approximate surface area is 216 Å². The summed E-state index contributed by atoms with van der Waals surface area (Å²) in [6.07, 6.45) is 4.06. The lowest BCUT2D eigenvalue weighted by molar-refractivity contribution is -0.136. The van der Waals surface area contributed by atoms with E-state index in [1.54, 1.807) is 12.3 Å². The monoisotopic (exact) mass is 500 g/mol. The van der Waals surface area contributed by atoms with E-state index in [1.165, 1.54) is 0 Å². The van der Waals surface area contributed by atoms with E-state index in [2.05, 4.69) is 29.8 Å². The lowest BCUT2D eigenvalue weighted by atomic mass is 9.94. The molecule has 2 heterocycles. The van der Waals surface area contributed by atoms with Gasteiger partial charge in [0, 0.05) is 6.20 Å². The highest BCUT2D eigenvalue weighted by Crippen LogP contribution is 2.21. The zero-order valence-corrected chi connectivity index (χ0v) is 23.0. The predicted molar refractivity (Wildman–Crippen MR) is 143 cm³/mol. The van der Waals surface area contributed by atoms with E-state index in [0.29, 0.717) is 24.5 Å². The third-order valence-corrected chi connectivity index (χ3v) is 6.63. The zero-order chi connectivity index (χ0) is 27.0. The maximum Gasteiger partial charge on any atom is 0.247 e. The van der Waals surface area contributed by atoms with Gasteiger partial charge in [-0.15, -0.1) is 0 Å². The Morgan fingerprint density at radius 2 is 1.69 bits per heavy atom. The summed E-state index contributed by atoms with van der Waals surface area (Å²) in [6, 6.07) is 5.24. The second-order valence-corrected chi connectivity index (χ2v) is 10.7. The van der Waals surface area contributed by atoms with Crippen LogP contribution in [-0.4, -0.2) is 60.9 Å². The van der Waals surface area contributed by atoms with Gasteiger partial charge in [-0.2, -0.15) is 0 Å². The fourth-order valence-electron chi connectivity index (χ4n) is 4.20. The number of benzene rings is 1. The van der Waals surface area contributed by atoms with Gasteiger partial charge in [0.2, 0.25) is 17.7 Å². The summed E-state index contributed by atoms with van der Waals surface area (Å²) in [6.45, 7) is 11.9. The van der Waals surface area contributed by atoms with Crippen molar-refractivity contribution in [2.24, 2.45) is 17.8 Å². The third-order valence-electron chi connectivity index (χ3n) is 6.63. The van der Waals surface area contributed by atoms with Gasteiger partial charge in [-0.25, -0.2) is 0 Å². The minimum absolute atomic E-state index is 0.104. The van der Waals surface area contributed by atoms with E-state index in [9.17, 15) is 14.4 Å². The molecule has 0 unspecified atom stereocenters. The lowest BCUT2D eigenvalue weighted by Crippen LogP contribution is -2.62. The molecule has 0 saturated carbocycles. The minimum Gasteiger partial charge on any atom is -0.487 e. The third kappa shape index (κ3) is 8.08. The maximum absolute atomic E-state index is 13.8. The number of ether oxygens (including phenoxy) is 1. The summed E-state index contributed by atoms with van der Waals surface area (Å²) in [5, 5.41) is 8.70. The maximum atomic E-state index is 13.8. The number of nitrogens with one attached hydrogen (secondary N) is 3. The molecule has 5 atom stereocenters. The van der Waals surface area contributed by atoms with Gasteiger partial charge in [-0.1, -0.05) is 60.1 Å². The number of carbonyl (C=O) groups is 3. The highest BCUT2D eigenvalue weighted by atomic mass is 16.5. The molecule has 8 nitrogen and oxygen atoms in total. The number of rotatable bonds is 8. The molecule has 0 fully saturated rings. The van der Waals surface area contributed by atoms with Crippen LogP contribution < -0.4 is 20.7 Å². The number of amides is 3. The van der Waals surface area contributed by atoms with Gasteiger partial charge in [0.05, 0.1) is 6.04 Å². The first kappa shape index (κ1) is 29.4. The largest absolute Gasteiger partial charge is 0.487 e. The number of likely N-dealkylation sites (N-methyl/N-ethyl adjacent to an activating group) is 1. The van der Waals surface area contributed by atoms with Gasteiger partial charge in [0.25, 0.3) is 0 Å². The van der Waals surface area contributed by atoms with Crippen molar-refractivity contribution < 1.29 is 19.1 Å². The van der Waals surface area contributed by atoms with Crippen LogP contribution in [0.25, 0.3) is 6.08 Å². The second-order valence-electron chi connectivity index (χ2n) is 10.7. The average Bonchev–Trinajstić information content (AvgIpc) is 2.82. The van der Waals surface area contributed by atoms with E-state index < -0.39 is 30.1 Å². The van der Waals surface area contributed by atoms with Crippen LogP contribution in [0, 0.1) is 17.8 Å². The Kier molecular flexibility index (Phi) is 11.0. The molecule has 0 saturated heterocycles. The first-order chi connectivity index (χ1) is 16.9. The van der Waals surface area contributed by atoms with Crippen molar-refractivity contribution in [2.75, 3.05) is 14.1 Å². The van der Waals surface area contributed by atoms with E-state index in [4.69, 9.17) is 4.74 Å². The van der Waals surface area contributed by atoms with Crippen molar-refractivity contribution in [2.45, 2.75) is 78.6 Å². The molecular formula is C28H44N4O4. The van der Waals surface area contributed by atoms with Gasteiger partial charge < -0.3 is 20.7 Å². The zero-order valence-electron chi connectivity index (χ0n) is 23.0. The SMILES string of the molecule is CC[C@@H](C)[C@@H]1NC(=O)[C@@H](NC(=O)[C@H](CC(C)C)N(C)C)[C@H](C(C)C)Oc2ccc(cc2)/C=C\NC1=O. The quantitative estimate of drug-likeness (QED) is 0.509. The predicted octanol–water partition coefficient (Wildman–Crippen LogP) is 3.18. The molecule has 2 bridgehead atoms. The summed E-state index contributed by atoms with van der Waals surface area (Å²) in [4.78, 5) is 42.1. The average molecular weight is 501 g/mol. The molecule has 0 aromatic heterocycles. The number of hydrogen-bond acceptors (Lipinski definition) is 5. The van der Waals surface area contributed by atoms with Crippen LogP contribution in [0.3, 0.4) is 0 Å². The van der Waals surface area contributed by atoms with Gasteiger partial charge in [0.15, 0.2) is 0 Å². The second kappa shape index (κ2) is 13.4. The molecule has 3 rings (SSSR count). The Morgan fingerprint density at radius 1 is 1.06 bits per heavy atom. The highest BCUT2D eigenvalue weighted by molar-refractivity contribution is 5.94. The molecule has 0 aliphatic carbocycles. The van der Waals surface area contributed by atoms with Crippen molar-refractivity contribution in [1.29, 1.82) is 0 Å². The first-order valence-corrected chi connectivity index (χ1v) is 12.9. The molecule has 8 heteroatoms. The molecule has 0 spiro atoms. The van der Waals surface area contributed by atoms with Gasteiger partial charge >= 0.3 is 0 Å². The van der Waals surface area contributed by atoms with Gasteiger partial charge in [-0.05, 0) is 62.0 Å². The molecule has 200 valence electrons. The van der Waals surface area contributed by atoms with Crippen molar-refractivity contribution in [1.82, 2.24) is 20.9 Å². The van der Waals surface area contributed by atoms with E-state index in [-0.39, 0.29) is 23.7 Å². The standard InChI is InChI=1S/C28H44N4O4/c1-9-19(6)23-27(34)29-15-14-20-10-12-21(13-11-20)36-25(18(4)5)24(28(35)30-23)31-26(33)22(32(7)8)16-17(2)3/h10-15,17-19,22-25H,9,16H2,1-8H3,(H,29,34)(H,30,35)(H,31,33)/b15-14-/t19-,22+,23+,24+,25+/m1/s1. The van der Waals surface area contributed by atoms with Crippen LogP contribution >= 0.6 is 0 Å². The van der Waals surface area contributed by atoms with Crippen molar-refractivity contribution in [3.63, 3.8) is 0 Å². The Morgan fingerprint density at radius 3 is 2.22 bits per heavy atom. The fraction of sp³-hybridized carbons (Fsp3) is 0.607. The van der Waals surface area contributed by atoms with E-state index in [1.807, 2.05) is 71.0 Å². The molecule has 2 aliphatic heterocycles. The van der Waals surface area contributed by atoms with Crippen LogP contribution in [0.5, 0.6) is 5.75 Å².